The number of hydrogen-bond donors (Lipinski definition) is 0. The van der Waals surface area contributed by atoms with Crippen LogP contribution in [-0.2, 0) is 18.3 Å². The number of ether oxygens (including phenoxy) is 1. The maximum absolute atomic E-state index is 12.7. The number of aryl methyl sites for hydroxylation is 2. The normalized spacial score (nSPS) is 19.2. The number of fused-ring (bicyclic) bond motifs is 1. The molecule has 0 amide bonds. The van der Waals surface area contributed by atoms with Crippen molar-refractivity contribution < 1.29 is 9.26 Å². The van der Waals surface area contributed by atoms with Crippen LogP contribution in [0.2, 0.25) is 0 Å². The maximum atomic E-state index is 12.7. The van der Waals surface area contributed by atoms with Gasteiger partial charge in [-0.2, -0.15) is 10.1 Å². The molecule has 4 heterocycles. The van der Waals surface area contributed by atoms with Gasteiger partial charge in [-0.05, 0) is 18.9 Å². The molecular weight excluding hydrogens is 372 g/mol. The lowest BCUT2D eigenvalue weighted by molar-refractivity contribution is 0.110. The molecule has 0 aliphatic carbocycles. The van der Waals surface area contributed by atoms with E-state index >= 15 is 0 Å². The molecule has 1 fully saturated rings. The van der Waals surface area contributed by atoms with Gasteiger partial charge in [0.1, 0.15) is 12.1 Å². The molecule has 0 spiro atoms. The predicted molar refractivity (Wildman–Crippen MR) is 103 cm³/mol. The molecule has 4 aromatic rings. The van der Waals surface area contributed by atoms with Crippen LogP contribution in [0.3, 0.4) is 0 Å². The Kier molecular flexibility index (Phi) is 4.24. The van der Waals surface area contributed by atoms with E-state index in [9.17, 15) is 4.79 Å². The molecule has 3 aromatic heterocycles. The summed E-state index contributed by atoms with van der Waals surface area (Å²) in [7, 11) is 1.71. The van der Waals surface area contributed by atoms with Crippen molar-refractivity contribution >= 4 is 11.0 Å². The number of nitrogens with zero attached hydrogens (tertiary/aromatic N) is 6. The van der Waals surface area contributed by atoms with Gasteiger partial charge in [-0.25, -0.2) is 4.98 Å². The third-order valence-electron chi connectivity index (χ3n) is 5.32. The Morgan fingerprint density at radius 2 is 2.07 bits per heavy atom. The van der Waals surface area contributed by atoms with Crippen LogP contribution in [-0.4, -0.2) is 36.1 Å². The molecule has 9 heteroatoms. The fraction of sp³-hybridized carbons (Fsp3) is 0.350. The summed E-state index contributed by atoms with van der Waals surface area (Å²) < 4.78 is 14.3. The zero-order chi connectivity index (χ0) is 20.0. The van der Waals surface area contributed by atoms with Gasteiger partial charge in [0.05, 0.1) is 25.2 Å². The summed E-state index contributed by atoms with van der Waals surface area (Å²) in [6, 6.07) is 8.36. The molecule has 0 N–H and O–H groups in total. The minimum absolute atomic E-state index is 0.0293. The van der Waals surface area contributed by atoms with Crippen molar-refractivity contribution in [3.8, 4) is 0 Å². The van der Waals surface area contributed by atoms with Gasteiger partial charge in [-0.3, -0.25) is 14.0 Å². The topological polar surface area (TPSA) is 101 Å². The number of hydrogen-bond acceptors (Lipinski definition) is 7. The Morgan fingerprint density at radius 3 is 2.90 bits per heavy atom. The Hall–Kier alpha value is -3.33. The zero-order valence-electron chi connectivity index (χ0n) is 16.1. The molecule has 0 bridgehead atoms. The lowest BCUT2D eigenvalue weighted by Crippen LogP contribution is -2.22. The van der Waals surface area contributed by atoms with E-state index in [1.807, 2.05) is 0 Å². The first-order chi connectivity index (χ1) is 14.1. The highest BCUT2D eigenvalue weighted by molar-refractivity contribution is 5.72. The zero-order valence-corrected chi connectivity index (χ0v) is 16.1. The summed E-state index contributed by atoms with van der Waals surface area (Å²) >= 11 is 0. The van der Waals surface area contributed by atoms with Gasteiger partial charge >= 0.3 is 0 Å². The SMILES string of the molecule is Cc1ccc([C@H]2C[C@H](c3noc(Cn4cnc5cnn(C)c5c4=O)n3)CO2)cc1. The van der Waals surface area contributed by atoms with Crippen LogP contribution < -0.4 is 5.56 Å². The molecule has 0 saturated carbocycles. The van der Waals surface area contributed by atoms with E-state index < -0.39 is 0 Å². The third kappa shape index (κ3) is 3.23. The van der Waals surface area contributed by atoms with Gasteiger partial charge in [0.25, 0.3) is 5.56 Å². The summed E-state index contributed by atoms with van der Waals surface area (Å²) in [6.07, 6.45) is 3.87. The van der Waals surface area contributed by atoms with Crippen molar-refractivity contribution in [1.29, 1.82) is 0 Å². The van der Waals surface area contributed by atoms with E-state index in [2.05, 4.69) is 51.4 Å². The van der Waals surface area contributed by atoms with Crippen LogP contribution >= 0.6 is 0 Å². The smallest absolute Gasteiger partial charge is 0.279 e. The summed E-state index contributed by atoms with van der Waals surface area (Å²) in [5, 5.41) is 8.19. The van der Waals surface area contributed by atoms with Crippen LogP contribution in [0, 0.1) is 6.92 Å². The Balaban J connectivity index is 1.32. The standard InChI is InChI=1S/C20H20N6O3/c1-12-3-5-13(6-4-12)16-7-14(10-28-16)19-23-17(29-24-19)9-26-11-21-15-8-22-25(2)18(15)20(26)27/h3-6,8,11,14,16H,7,9-10H2,1-2H3/t14-,16+/m0/s1. The average Bonchev–Trinajstić information content (AvgIpc) is 3.45. The third-order valence-corrected chi connectivity index (χ3v) is 5.32. The van der Waals surface area contributed by atoms with E-state index in [0.29, 0.717) is 29.4 Å². The number of rotatable bonds is 4. The highest BCUT2D eigenvalue weighted by Crippen LogP contribution is 2.37. The van der Waals surface area contributed by atoms with Crippen LogP contribution in [0.1, 0.15) is 41.3 Å². The van der Waals surface area contributed by atoms with Crippen LogP contribution in [0.4, 0.5) is 0 Å². The highest BCUT2D eigenvalue weighted by atomic mass is 16.5. The van der Waals surface area contributed by atoms with E-state index in [-0.39, 0.29) is 24.1 Å². The highest BCUT2D eigenvalue weighted by Gasteiger charge is 2.31. The van der Waals surface area contributed by atoms with Crippen molar-refractivity contribution in [2.75, 3.05) is 6.61 Å². The first kappa shape index (κ1) is 17.7. The first-order valence-electron chi connectivity index (χ1n) is 9.46. The number of aromatic nitrogens is 6. The second-order valence-electron chi connectivity index (χ2n) is 7.39. The molecular formula is C20H20N6O3. The van der Waals surface area contributed by atoms with Crippen molar-refractivity contribution in [3.05, 3.63) is 70.0 Å². The molecule has 5 rings (SSSR count). The summed E-state index contributed by atoms with van der Waals surface area (Å²) in [6.45, 7) is 2.77. The first-order valence-corrected chi connectivity index (χ1v) is 9.46. The van der Waals surface area contributed by atoms with E-state index in [0.717, 1.165) is 12.0 Å². The van der Waals surface area contributed by atoms with Crippen LogP contribution in [0.25, 0.3) is 11.0 Å². The molecule has 29 heavy (non-hydrogen) atoms. The minimum atomic E-state index is -0.196. The second-order valence-corrected chi connectivity index (χ2v) is 7.39. The van der Waals surface area contributed by atoms with E-state index in [4.69, 9.17) is 9.26 Å². The monoisotopic (exact) mass is 392 g/mol. The maximum Gasteiger partial charge on any atom is 0.279 e. The second kappa shape index (κ2) is 6.93. The largest absolute Gasteiger partial charge is 0.373 e. The van der Waals surface area contributed by atoms with Gasteiger partial charge in [0, 0.05) is 13.0 Å². The Morgan fingerprint density at radius 1 is 1.24 bits per heavy atom. The van der Waals surface area contributed by atoms with E-state index in [1.165, 1.54) is 21.1 Å². The summed E-state index contributed by atoms with van der Waals surface area (Å²) in [4.78, 5) is 21.4. The molecule has 1 aromatic carbocycles. The molecule has 9 nitrogen and oxygen atoms in total. The van der Waals surface area contributed by atoms with Gasteiger partial charge in [0.15, 0.2) is 11.3 Å². The van der Waals surface area contributed by atoms with Crippen LogP contribution in [0.5, 0.6) is 0 Å². The van der Waals surface area contributed by atoms with Gasteiger partial charge in [-0.15, -0.1) is 0 Å². The predicted octanol–water partition coefficient (Wildman–Crippen LogP) is 2.11. The fourth-order valence-corrected chi connectivity index (χ4v) is 3.67. The molecule has 1 aliphatic heterocycles. The van der Waals surface area contributed by atoms with Crippen molar-refractivity contribution in [1.82, 2.24) is 29.5 Å². The number of benzene rings is 1. The Labute approximate surface area is 165 Å². The van der Waals surface area contributed by atoms with Crippen molar-refractivity contribution in [2.24, 2.45) is 7.05 Å². The Bertz CT molecular complexity index is 1220. The summed E-state index contributed by atoms with van der Waals surface area (Å²) in [5.41, 5.74) is 3.19. The van der Waals surface area contributed by atoms with Gasteiger partial charge < -0.3 is 9.26 Å². The summed E-state index contributed by atoms with van der Waals surface area (Å²) in [5.74, 6) is 1.04. The average molecular weight is 392 g/mol. The minimum Gasteiger partial charge on any atom is -0.373 e. The quantitative estimate of drug-likeness (QED) is 0.524. The van der Waals surface area contributed by atoms with Crippen molar-refractivity contribution in [2.45, 2.75) is 31.9 Å². The fourth-order valence-electron chi connectivity index (χ4n) is 3.67. The molecule has 0 radical (unpaired) electrons. The van der Waals surface area contributed by atoms with Gasteiger partial charge in [0.2, 0.25) is 5.89 Å². The van der Waals surface area contributed by atoms with Crippen molar-refractivity contribution in [3.63, 3.8) is 0 Å². The lowest BCUT2D eigenvalue weighted by Gasteiger charge is -2.09. The van der Waals surface area contributed by atoms with Crippen LogP contribution in [0.15, 0.2) is 46.1 Å². The van der Waals surface area contributed by atoms with E-state index in [1.54, 1.807) is 13.2 Å². The molecule has 1 aliphatic rings. The molecule has 0 unspecified atom stereocenters. The van der Waals surface area contributed by atoms with Gasteiger partial charge in [-0.1, -0.05) is 35.0 Å². The molecule has 2 atom stereocenters. The molecule has 148 valence electrons. The lowest BCUT2D eigenvalue weighted by atomic mass is 9.99. The molecule has 1 saturated heterocycles.